The Morgan fingerprint density at radius 1 is 1.04 bits per heavy atom. The molecule has 5 atom stereocenters. The fraction of sp³-hybridized carbons (Fsp3) is 0.368. The van der Waals surface area contributed by atoms with Crippen molar-refractivity contribution in [1.29, 1.82) is 0 Å². The lowest BCUT2D eigenvalue weighted by atomic mass is 9.99. The highest BCUT2D eigenvalue weighted by molar-refractivity contribution is 5.36. The number of nitrogens with zero attached hydrogens (tertiary/aromatic N) is 1. The largest absolute Gasteiger partial charge is 0.462 e. The second-order valence-corrected chi connectivity index (χ2v) is 6.34. The molecule has 1 saturated heterocycles. The average molecular weight is 391 g/mol. The standard InChI is InChI=1S/C19H21NO8/c21-10-15-16(22)17(23)18(26-11-12-4-2-1-3-5-12)19(28-15)27-14-8-6-13(7-9-14)20(24)25/h1-9,15-19,21-23H,10-11H2/t15-,16+,17+,18-,19-/m1/s1. The fourth-order valence-corrected chi connectivity index (χ4v) is 2.88. The molecule has 0 bridgehead atoms. The first-order valence-electron chi connectivity index (χ1n) is 8.68. The van der Waals surface area contributed by atoms with Crippen LogP contribution in [-0.4, -0.2) is 57.6 Å². The molecule has 0 radical (unpaired) electrons. The van der Waals surface area contributed by atoms with E-state index in [2.05, 4.69) is 0 Å². The van der Waals surface area contributed by atoms with Crippen LogP contribution in [0, 0.1) is 10.1 Å². The summed E-state index contributed by atoms with van der Waals surface area (Å²) in [5, 5.41) is 40.7. The van der Waals surface area contributed by atoms with Crippen LogP contribution < -0.4 is 4.74 Å². The van der Waals surface area contributed by atoms with Crippen LogP contribution in [0.3, 0.4) is 0 Å². The van der Waals surface area contributed by atoms with E-state index in [1.54, 1.807) is 0 Å². The normalized spacial score (nSPS) is 27.3. The lowest BCUT2D eigenvalue weighted by Crippen LogP contribution is -2.60. The van der Waals surface area contributed by atoms with Crippen LogP contribution in [-0.2, 0) is 16.1 Å². The molecule has 1 fully saturated rings. The number of nitro groups is 1. The van der Waals surface area contributed by atoms with Crippen LogP contribution in [0.5, 0.6) is 5.75 Å². The van der Waals surface area contributed by atoms with Gasteiger partial charge in [0.25, 0.3) is 5.69 Å². The Bertz CT molecular complexity index is 769. The first-order chi connectivity index (χ1) is 13.5. The van der Waals surface area contributed by atoms with Gasteiger partial charge in [-0.3, -0.25) is 10.1 Å². The minimum atomic E-state index is -1.36. The van der Waals surface area contributed by atoms with Crippen LogP contribution in [0.1, 0.15) is 5.56 Å². The molecule has 0 spiro atoms. The van der Waals surface area contributed by atoms with E-state index < -0.39 is 42.2 Å². The Hall–Kier alpha value is -2.56. The van der Waals surface area contributed by atoms with E-state index in [0.717, 1.165) is 5.56 Å². The van der Waals surface area contributed by atoms with E-state index in [9.17, 15) is 25.4 Å². The van der Waals surface area contributed by atoms with Crippen molar-refractivity contribution in [3.63, 3.8) is 0 Å². The third-order valence-corrected chi connectivity index (χ3v) is 4.41. The number of aliphatic hydroxyl groups excluding tert-OH is 3. The van der Waals surface area contributed by atoms with Crippen molar-refractivity contribution in [2.45, 2.75) is 37.3 Å². The van der Waals surface area contributed by atoms with E-state index in [0.29, 0.717) is 0 Å². The minimum Gasteiger partial charge on any atom is -0.462 e. The highest BCUT2D eigenvalue weighted by Gasteiger charge is 2.46. The molecule has 2 aromatic carbocycles. The zero-order valence-corrected chi connectivity index (χ0v) is 14.8. The summed E-state index contributed by atoms with van der Waals surface area (Å²) >= 11 is 0. The van der Waals surface area contributed by atoms with Gasteiger partial charge in [0.1, 0.15) is 30.2 Å². The van der Waals surface area contributed by atoms with E-state index in [-0.39, 0.29) is 18.0 Å². The highest BCUT2D eigenvalue weighted by Crippen LogP contribution is 2.28. The van der Waals surface area contributed by atoms with Gasteiger partial charge in [0.05, 0.1) is 18.1 Å². The lowest BCUT2D eigenvalue weighted by Gasteiger charge is -2.41. The molecule has 0 amide bonds. The van der Waals surface area contributed by atoms with Crippen molar-refractivity contribution < 1.29 is 34.5 Å². The summed E-state index contributed by atoms with van der Waals surface area (Å²) < 4.78 is 17.0. The van der Waals surface area contributed by atoms with Crippen LogP contribution in [0.25, 0.3) is 0 Å². The van der Waals surface area contributed by atoms with Crippen molar-refractivity contribution in [2.24, 2.45) is 0 Å². The maximum Gasteiger partial charge on any atom is 0.269 e. The number of rotatable bonds is 7. The molecule has 1 heterocycles. The molecule has 2 aromatic rings. The smallest absolute Gasteiger partial charge is 0.269 e. The summed E-state index contributed by atoms with van der Waals surface area (Å²) in [6, 6.07) is 14.5. The van der Waals surface area contributed by atoms with E-state index in [1.165, 1.54) is 24.3 Å². The topological polar surface area (TPSA) is 132 Å². The van der Waals surface area contributed by atoms with Gasteiger partial charge in [0.2, 0.25) is 6.29 Å². The van der Waals surface area contributed by atoms with Crippen LogP contribution in [0.15, 0.2) is 54.6 Å². The van der Waals surface area contributed by atoms with Crippen molar-refractivity contribution in [3.8, 4) is 5.75 Å². The third kappa shape index (κ3) is 4.64. The Labute approximate surface area is 160 Å². The van der Waals surface area contributed by atoms with Crippen LogP contribution >= 0.6 is 0 Å². The van der Waals surface area contributed by atoms with Gasteiger partial charge < -0.3 is 29.5 Å². The number of aliphatic hydroxyl groups is 3. The van der Waals surface area contributed by atoms with E-state index in [4.69, 9.17) is 14.2 Å². The van der Waals surface area contributed by atoms with Crippen LogP contribution in [0.4, 0.5) is 5.69 Å². The molecule has 1 aliphatic heterocycles. The average Bonchev–Trinajstić information content (AvgIpc) is 2.71. The molecule has 0 saturated carbocycles. The summed E-state index contributed by atoms with van der Waals surface area (Å²) in [4.78, 5) is 10.2. The van der Waals surface area contributed by atoms with Crippen LogP contribution in [0.2, 0.25) is 0 Å². The van der Waals surface area contributed by atoms with Gasteiger partial charge in [-0.2, -0.15) is 0 Å². The minimum absolute atomic E-state index is 0.0996. The maximum absolute atomic E-state index is 10.8. The zero-order chi connectivity index (χ0) is 20.1. The number of hydrogen-bond donors (Lipinski definition) is 3. The Balaban J connectivity index is 1.75. The molecule has 28 heavy (non-hydrogen) atoms. The fourth-order valence-electron chi connectivity index (χ4n) is 2.88. The Kier molecular flexibility index (Phi) is 6.55. The number of benzene rings is 2. The maximum atomic E-state index is 10.8. The molecular weight excluding hydrogens is 370 g/mol. The quantitative estimate of drug-likeness (QED) is 0.470. The SMILES string of the molecule is O=[N+]([O-])c1ccc(O[C@@H]2O[C@H](CO)[C@H](O)[C@H](O)[C@H]2OCc2ccccc2)cc1. The lowest BCUT2D eigenvalue weighted by molar-refractivity contribution is -0.384. The summed E-state index contributed by atoms with van der Waals surface area (Å²) in [6.45, 7) is -0.383. The molecule has 0 aromatic heterocycles. The summed E-state index contributed by atoms with van der Waals surface area (Å²) in [6.07, 6.45) is -5.97. The molecule has 9 heteroatoms. The Morgan fingerprint density at radius 2 is 1.71 bits per heavy atom. The summed E-state index contributed by atoms with van der Waals surface area (Å²) in [5.41, 5.74) is 0.750. The second kappa shape index (κ2) is 9.09. The second-order valence-electron chi connectivity index (χ2n) is 6.34. The number of nitro benzene ring substituents is 1. The predicted octanol–water partition coefficient (Wildman–Crippen LogP) is 0.998. The first kappa shape index (κ1) is 20.2. The predicted molar refractivity (Wildman–Crippen MR) is 96.5 cm³/mol. The number of hydrogen-bond acceptors (Lipinski definition) is 8. The summed E-state index contributed by atoms with van der Waals surface area (Å²) in [5.74, 6) is 0.254. The van der Waals surface area contributed by atoms with Crippen molar-refractivity contribution >= 4 is 5.69 Å². The molecule has 9 nitrogen and oxygen atoms in total. The van der Waals surface area contributed by atoms with Gasteiger partial charge in [-0.1, -0.05) is 30.3 Å². The number of ether oxygens (including phenoxy) is 3. The van der Waals surface area contributed by atoms with Gasteiger partial charge in [-0.05, 0) is 17.7 Å². The number of non-ortho nitro benzene ring substituents is 1. The van der Waals surface area contributed by atoms with E-state index in [1.807, 2.05) is 30.3 Å². The summed E-state index contributed by atoms with van der Waals surface area (Å²) in [7, 11) is 0. The highest BCUT2D eigenvalue weighted by atomic mass is 16.7. The molecule has 0 unspecified atom stereocenters. The molecule has 3 rings (SSSR count). The van der Waals surface area contributed by atoms with Gasteiger partial charge in [-0.25, -0.2) is 0 Å². The van der Waals surface area contributed by atoms with Gasteiger partial charge in [-0.15, -0.1) is 0 Å². The molecule has 0 aliphatic carbocycles. The van der Waals surface area contributed by atoms with Gasteiger partial charge in [0.15, 0.2) is 0 Å². The van der Waals surface area contributed by atoms with Crippen molar-refractivity contribution in [1.82, 2.24) is 0 Å². The van der Waals surface area contributed by atoms with Crippen molar-refractivity contribution in [3.05, 3.63) is 70.3 Å². The third-order valence-electron chi connectivity index (χ3n) is 4.41. The molecule has 3 N–H and O–H groups in total. The van der Waals surface area contributed by atoms with Crippen molar-refractivity contribution in [2.75, 3.05) is 6.61 Å². The first-order valence-corrected chi connectivity index (χ1v) is 8.68. The molecule has 150 valence electrons. The molecule has 1 aliphatic rings. The monoisotopic (exact) mass is 391 g/mol. The zero-order valence-electron chi connectivity index (χ0n) is 14.8. The van der Waals surface area contributed by atoms with Gasteiger partial charge >= 0.3 is 0 Å². The van der Waals surface area contributed by atoms with E-state index >= 15 is 0 Å². The Morgan fingerprint density at radius 3 is 2.32 bits per heavy atom. The van der Waals surface area contributed by atoms with Gasteiger partial charge in [0, 0.05) is 12.1 Å². The molecular formula is C19H21NO8.